The van der Waals surface area contributed by atoms with Gasteiger partial charge in [-0.05, 0) is 50.2 Å². The van der Waals surface area contributed by atoms with Crippen molar-refractivity contribution in [1.29, 1.82) is 5.26 Å². The van der Waals surface area contributed by atoms with E-state index in [9.17, 15) is 18.4 Å². The molecule has 0 spiro atoms. The molecule has 3 fully saturated rings. The van der Waals surface area contributed by atoms with Crippen molar-refractivity contribution < 1.29 is 23.1 Å². The second-order valence-corrected chi connectivity index (χ2v) is 9.55. The number of nitriles is 1. The van der Waals surface area contributed by atoms with Gasteiger partial charge in [0.05, 0.1) is 18.2 Å². The van der Waals surface area contributed by atoms with Gasteiger partial charge in [0.1, 0.15) is 5.82 Å². The molecule has 2 aliphatic heterocycles. The largest absolute Gasteiger partial charge is 0.415 e. The summed E-state index contributed by atoms with van der Waals surface area (Å²) in [6.07, 6.45) is 2.19. The quantitative estimate of drug-likeness (QED) is 0.721. The van der Waals surface area contributed by atoms with Crippen molar-refractivity contribution in [2.75, 3.05) is 26.2 Å². The minimum atomic E-state index is -0.934. The fraction of sp³-hybridized carbons (Fsp3) is 0.625. The molecule has 2 amide bonds. The van der Waals surface area contributed by atoms with Crippen LogP contribution in [0.15, 0.2) is 18.2 Å². The Labute approximate surface area is 198 Å². The summed E-state index contributed by atoms with van der Waals surface area (Å²) in [4.78, 5) is 29.1. The van der Waals surface area contributed by atoms with Gasteiger partial charge < -0.3 is 14.5 Å². The van der Waals surface area contributed by atoms with Crippen molar-refractivity contribution in [2.24, 2.45) is 11.8 Å². The summed E-state index contributed by atoms with van der Waals surface area (Å²) < 4.78 is 32.7. The molecule has 1 aromatic rings. The summed E-state index contributed by atoms with van der Waals surface area (Å²) >= 11 is 0. The molecule has 8 nitrogen and oxygen atoms in total. The molecule has 5 atom stereocenters. The molecule has 10 heteroatoms. The zero-order chi connectivity index (χ0) is 24.4. The molecule has 1 N–H and O–H groups in total. The van der Waals surface area contributed by atoms with Gasteiger partial charge in [-0.3, -0.25) is 10.2 Å². The molecule has 0 bridgehead atoms. The first kappa shape index (κ1) is 24.4. The van der Waals surface area contributed by atoms with Gasteiger partial charge in [-0.15, -0.1) is 0 Å². The maximum atomic E-state index is 14.1. The number of hydrazine groups is 1. The van der Waals surface area contributed by atoms with Gasteiger partial charge in [0.15, 0.2) is 11.6 Å². The summed E-state index contributed by atoms with van der Waals surface area (Å²) in [6, 6.07) is 4.43. The van der Waals surface area contributed by atoms with E-state index in [-0.39, 0.29) is 36.3 Å². The van der Waals surface area contributed by atoms with Crippen LogP contribution in [0.1, 0.15) is 39.5 Å². The van der Waals surface area contributed by atoms with E-state index in [0.29, 0.717) is 37.3 Å². The Bertz CT molecular complexity index is 970. The third-order valence-electron chi connectivity index (χ3n) is 7.40. The molecule has 0 aromatic heterocycles. The summed E-state index contributed by atoms with van der Waals surface area (Å²) in [7, 11) is 0. The highest BCUT2D eigenvalue weighted by atomic mass is 19.1. The summed E-state index contributed by atoms with van der Waals surface area (Å²) in [5, 5.41) is 10.9. The number of benzene rings is 1. The smallest absolute Gasteiger partial charge is 0.407 e. The highest BCUT2D eigenvalue weighted by Crippen LogP contribution is 2.40. The number of fused-ring (bicyclic) bond motifs is 1. The standard InChI is InChI=1S/C24H31F2N5O3/c1-15-13-30(24(33)34-23-7-5-19(25)11-20(23)26)22-10-17(4-6-21(22)31(15)16(2)32)18-12-28-29(14-18)9-3-8-27/h5,7,11,15,17-18,21-22,28H,3-4,6,9-10,12-14H2,1-2H3/t15-,17?,18?,21?,22?/m0/s1. The highest BCUT2D eigenvalue weighted by Gasteiger charge is 2.48. The van der Waals surface area contributed by atoms with Crippen LogP contribution >= 0.6 is 0 Å². The Morgan fingerprint density at radius 1 is 1.21 bits per heavy atom. The molecule has 4 unspecified atom stereocenters. The number of rotatable bonds is 4. The molecule has 184 valence electrons. The fourth-order valence-corrected chi connectivity index (χ4v) is 5.88. The van der Waals surface area contributed by atoms with Gasteiger partial charge in [-0.1, -0.05) is 0 Å². The number of piperazine rings is 1. The van der Waals surface area contributed by atoms with E-state index in [2.05, 4.69) is 16.5 Å². The summed E-state index contributed by atoms with van der Waals surface area (Å²) in [5.41, 5.74) is 3.36. The Balaban J connectivity index is 1.51. The topological polar surface area (TPSA) is 88.9 Å². The lowest BCUT2D eigenvalue weighted by Gasteiger charge is -2.53. The molecule has 1 aliphatic carbocycles. The molecule has 2 heterocycles. The zero-order valence-corrected chi connectivity index (χ0v) is 19.5. The lowest BCUT2D eigenvalue weighted by molar-refractivity contribution is -0.142. The third-order valence-corrected chi connectivity index (χ3v) is 7.40. The third kappa shape index (κ3) is 5.00. The molecular formula is C24H31F2N5O3. The van der Waals surface area contributed by atoms with E-state index in [1.165, 1.54) is 0 Å². The van der Waals surface area contributed by atoms with Crippen molar-refractivity contribution in [2.45, 2.75) is 57.7 Å². The first-order chi connectivity index (χ1) is 16.3. The van der Waals surface area contributed by atoms with Gasteiger partial charge in [-0.2, -0.15) is 5.26 Å². The number of nitrogens with one attached hydrogen (secondary N) is 1. The van der Waals surface area contributed by atoms with E-state index in [0.717, 1.165) is 38.1 Å². The van der Waals surface area contributed by atoms with E-state index in [4.69, 9.17) is 10.00 Å². The summed E-state index contributed by atoms with van der Waals surface area (Å²) in [5.74, 6) is -1.31. The Morgan fingerprint density at radius 3 is 2.71 bits per heavy atom. The van der Waals surface area contributed by atoms with E-state index in [1.807, 2.05) is 11.8 Å². The molecule has 3 aliphatic rings. The average Bonchev–Trinajstić information content (AvgIpc) is 3.27. The van der Waals surface area contributed by atoms with Crippen LogP contribution < -0.4 is 10.2 Å². The van der Waals surface area contributed by atoms with Gasteiger partial charge in [-0.25, -0.2) is 18.6 Å². The molecule has 2 saturated heterocycles. The number of hydrogen-bond acceptors (Lipinski definition) is 6. The van der Waals surface area contributed by atoms with Crippen molar-refractivity contribution in [3.8, 4) is 11.8 Å². The van der Waals surface area contributed by atoms with Gasteiger partial charge in [0.2, 0.25) is 5.91 Å². The maximum absolute atomic E-state index is 14.1. The maximum Gasteiger partial charge on any atom is 0.415 e. The van der Waals surface area contributed by atoms with Crippen LogP contribution in [0.2, 0.25) is 0 Å². The predicted molar refractivity (Wildman–Crippen MR) is 119 cm³/mol. The Kier molecular flexibility index (Phi) is 7.33. The summed E-state index contributed by atoms with van der Waals surface area (Å²) in [6.45, 7) is 6.05. The van der Waals surface area contributed by atoms with Crippen LogP contribution in [0.25, 0.3) is 0 Å². The second kappa shape index (κ2) is 10.2. The fourth-order valence-electron chi connectivity index (χ4n) is 5.88. The first-order valence-corrected chi connectivity index (χ1v) is 11.9. The number of nitrogens with zero attached hydrogens (tertiary/aromatic N) is 4. The number of ether oxygens (including phenoxy) is 1. The van der Waals surface area contributed by atoms with Crippen molar-refractivity contribution in [3.63, 3.8) is 0 Å². The van der Waals surface area contributed by atoms with Crippen LogP contribution in [0.4, 0.5) is 13.6 Å². The van der Waals surface area contributed by atoms with Crippen molar-refractivity contribution >= 4 is 12.0 Å². The molecule has 1 saturated carbocycles. The monoisotopic (exact) mass is 475 g/mol. The molecule has 0 radical (unpaired) electrons. The highest BCUT2D eigenvalue weighted by molar-refractivity contribution is 5.76. The van der Waals surface area contributed by atoms with Crippen LogP contribution in [-0.4, -0.2) is 71.1 Å². The lowest BCUT2D eigenvalue weighted by atomic mass is 9.73. The SMILES string of the molecule is CC(=O)N1C2CCC(C3CNN(CCC#N)C3)CC2N(C(=O)Oc2ccc(F)cc2F)C[C@@H]1C. The van der Waals surface area contributed by atoms with Gasteiger partial charge in [0, 0.05) is 51.6 Å². The number of carbonyl (C=O) groups is 2. The van der Waals surface area contributed by atoms with Crippen molar-refractivity contribution in [3.05, 3.63) is 29.8 Å². The zero-order valence-electron chi connectivity index (χ0n) is 19.5. The number of carbonyl (C=O) groups excluding carboxylic acids is 2. The van der Waals surface area contributed by atoms with E-state index in [1.54, 1.807) is 11.8 Å². The molecule has 1 aromatic carbocycles. The number of hydrogen-bond donors (Lipinski definition) is 1. The van der Waals surface area contributed by atoms with Crippen molar-refractivity contribution in [1.82, 2.24) is 20.2 Å². The minimum absolute atomic E-state index is 0.0243. The normalized spacial score (nSPS) is 29.4. The Hall–Kier alpha value is -2.77. The number of halogens is 2. The molecule has 4 rings (SSSR count). The van der Waals surface area contributed by atoms with Gasteiger partial charge >= 0.3 is 6.09 Å². The Morgan fingerprint density at radius 2 is 2.00 bits per heavy atom. The van der Waals surface area contributed by atoms with Crippen LogP contribution in [-0.2, 0) is 4.79 Å². The lowest BCUT2D eigenvalue weighted by Crippen LogP contribution is -2.67. The predicted octanol–water partition coefficient (Wildman–Crippen LogP) is 2.90. The minimum Gasteiger partial charge on any atom is -0.407 e. The van der Waals surface area contributed by atoms with Crippen LogP contribution in [0.5, 0.6) is 5.75 Å². The van der Waals surface area contributed by atoms with Crippen LogP contribution in [0.3, 0.4) is 0 Å². The van der Waals surface area contributed by atoms with E-state index < -0.39 is 17.7 Å². The average molecular weight is 476 g/mol. The first-order valence-electron chi connectivity index (χ1n) is 11.9. The van der Waals surface area contributed by atoms with Crippen LogP contribution in [0, 0.1) is 34.8 Å². The molecule has 34 heavy (non-hydrogen) atoms. The molecular weight excluding hydrogens is 444 g/mol. The van der Waals surface area contributed by atoms with E-state index >= 15 is 0 Å². The number of amides is 2. The second-order valence-electron chi connectivity index (χ2n) is 9.55. The van der Waals surface area contributed by atoms with Gasteiger partial charge in [0.25, 0.3) is 0 Å².